The van der Waals surface area contributed by atoms with Gasteiger partial charge in [0.25, 0.3) is 0 Å². The Bertz CT molecular complexity index is 484. The minimum Gasteiger partial charge on any atom is -0.444 e. The van der Waals surface area contributed by atoms with Crippen LogP contribution in [0.2, 0.25) is 0 Å². The van der Waals surface area contributed by atoms with Crippen molar-refractivity contribution < 1.29 is 13.9 Å². The number of hydrogen-bond donors (Lipinski definition) is 2. The average molecular weight is 296 g/mol. The maximum absolute atomic E-state index is 13.0. The number of alkyl carbamates (subject to hydrolysis) is 1. The molecule has 2 N–H and O–H groups in total. The molecule has 5 heteroatoms. The predicted octanol–water partition coefficient (Wildman–Crippen LogP) is 3.14. The van der Waals surface area contributed by atoms with E-state index in [1.807, 2.05) is 34.6 Å². The Balaban J connectivity index is 2.34. The fourth-order valence-electron chi connectivity index (χ4n) is 1.76. The number of aryl methyl sites for hydroxylation is 1. The fourth-order valence-corrected chi connectivity index (χ4v) is 1.76. The summed E-state index contributed by atoms with van der Waals surface area (Å²) in [5.41, 5.74) is 1.46. The molecule has 0 spiro atoms. The van der Waals surface area contributed by atoms with Crippen molar-refractivity contribution in [2.45, 2.75) is 52.8 Å². The summed E-state index contributed by atoms with van der Waals surface area (Å²) in [4.78, 5) is 11.5. The van der Waals surface area contributed by atoms with E-state index >= 15 is 0 Å². The summed E-state index contributed by atoms with van der Waals surface area (Å²) in [5, 5.41) is 6.00. The largest absolute Gasteiger partial charge is 0.444 e. The summed E-state index contributed by atoms with van der Waals surface area (Å²) >= 11 is 0. The van der Waals surface area contributed by atoms with Crippen molar-refractivity contribution in [1.29, 1.82) is 0 Å². The molecule has 0 heterocycles. The Kier molecular flexibility index (Phi) is 6.15. The summed E-state index contributed by atoms with van der Waals surface area (Å²) in [5.74, 6) is -0.226. The molecule has 1 aromatic rings. The van der Waals surface area contributed by atoms with Gasteiger partial charge in [-0.2, -0.15) is 0 Å². The fraction of sp³-hybridized carbons (Fsp3) is 0.562. The van der Waals surface area contributed by atoms with Crippen molar-refractivity contribution in [3.63, 3.8) is 0 Å². The monoisotopic (exact) mass is 296 g/mol. The third-order valence-corrected chi connectivity index (χ3v) is 2.90. The van der Waals surface area contributed by atoms with Crippen LogP contribution in [-0.2, 0) is 11.3 Å². The average Bonchev–Trinajstić information content (AvgIpc) is 2.33. The molecule has 1 unspecified atom stereocenters. The third-order valence-electron chi connectivity index (χ3n) is 2.90. The summed E-state index contributed by atoms with van der Waals surface area (Å²) in [6, 6.07) is 4.82. The van der Waals surface area contributed by atoms with Crippen molar-refractivity contribution in [2.24, 2.45) is 0 Å². The molecule has 21 heavy (non-hydrogen) atoms. The lowest BCUT2D eigenvalue weighted by Gasteiger charge is -2.21. The van der Waals surface area contributed by atoms with E-state index in [9.17, 15) is 9.18 Å². The highest BCUT2D eigenvalue weighted by molar-refractivity contribution is 5.67. The molecule has 1 amide bonds. The van der Waals surface area contributed by atoms with E-state index in [2.05, 4.69) is 10.6 Å². The quantitative estimate of drug-likeness (QED) is 0.877. The first-order valence-corrected chi connectivity index (χ1v) is 7.12. The van der Waals surface area contributed by atoms with Crippen molar-refractivity contribution in [3.8, 4) is 0 Å². The van der Waals surface area contributed by atoms with Crippen molar-refractivity contribution in [1.82, 2.24) is 10.6 Å². The number of ether oxygens (including phenoxy) is 1. The number of rotatable bonds is 5. The Morgan fingerprint density at radius 1 is 1.38 bits per heavy atom. The second-order valence-electron chi connectivity index (χ2n) is 6.24. The van der Waals surface area contributed by atoms with Gasteiger partial charge in [-0.05, 0) is 57.9 Å². The van der Waals surface area contributed by atoms with Crippen molar-refractivity contribution in [3.05, 3.63) is 35.1 Å². The van der Waals surface area contributed by atoms with Gasteiger partial charge in [-0.25, -0.2) is 9.18 Å². The molecule has 0 radical (unpaired) electrons. The van der Waals surface area contributed by atoms with Crippen LogP contribution >= 0.6 is 0 Å². The van der Waals surface area contributed by atoms with Crippen LogP contribution in [0.25, 0.3) is 0 Å². The lowest BCUT2D eigenvalue weighted by molar-refractivity contribution is 0.0523. The van der Waals surface area contributed by atoms with E-state index in [1.165, 1.54) is 12.1 Å². The number of carbonyl (C=O) groups is 1. The first-order chi connectivity index (χ1) is 9.67. The number of benzene rings is 1. The summed E-state index contributed by atoms with van der Waals surface area (Å²) < 4.78 is 18.2. The van der Waals surface area contributed by atoms with E-state index in [4.69, 9.17) is 4.74 Å². The second kappa shape index (κ2) is 7.41. The highest BCUT2D eigenvalue weighted by Crippen LogP contribution is 2.10. The van der Waals surface area contributed by atoms with Gasteiger partial charge in [0, 0.05) is 19.1 Å². The van der Waals surface area contributed by atoms with E-state index in [0.717, 1.165) is 11.1 Å². The van der Waals surface area contributed by atoms with Gasteiger partial charge in [0.15, 0.2) is 0 Å². The van der Waals surface area contributed by atoms with Gasteiger partial charge in [-0.3, -0.25) is 0 Å². The lowest BCUT2D eigenvalue weighted by atomic mass is 10.1. The van der Waals surface area contributed by atoms with Crippen LogP contribution in [0, 0.1) is 12.7 Å². The number of nitrogens with one attached hydrogen (secondary N) is 2. The molecule has 0 saturated carbocycles. The Labute approximate surface area is 126 Å². The summed E-state index contributed by atoms with van der Waals surface area (Å²) in [6.07, 6.45) is -0.422. The highest BCUT2D eigenvalue weighted by Gasteiger charge is 2.16. The van der Waals surface area contributed by atoms with Crippen LogP contribution in [0.5, 0.6) is 0 Å². The molecule has 1 rings (SSSR count). The molecular weight excluding hydrogens is 271 g/mol. The van der Waals surface area contributed by atoms with E-state index in [0.29, 0.717) is 13.1 Å². The molecule has 1 aromatic carbocycles. The maximum atomic E-state index is 13.0. The smallest absolute Gasteiger partial charge is 0.407 e. The zero-order valence-corrected chi connectivity index (χ0v) is 13.4. The standard InChI is InChI=1S/C16H25FN2O2/c1-11-8-14(17)7-6-13(11)10-18-12(2)9-19-15(20)21-16(3,4)5/h6-8,12,18H,9-10H2,1-5H3,(H,19,20). The molecule has 118 valence electrons. The molecule has 0 fully saturated rings. The normalized spacial score (nSPS) is 12.9. The predicted molar refractivity (Wildman–Crippen MR) is 81.7 cm³/mol. The first kappa shape index (κ1) is 17.4. The zero-order valence-electron chi connectivity index (χ0n) is 13.4. The minimum absolute atomic E-state index is 0.0852. The Morgan fingerprint density at radius 2 is 2.05 bits per heavy atom. The third kappa shape index (κ3) is 7.09. The summed E-state index contributed by atoms with van der Waals surface area (Å²) in [6.45, 7) is 10.4. The number of hydrogen-bond acceptors (Lipinski definition) is 3. The van der Waals surface area contributed by atoms with Gasteiger partial charge in [-0.15, -0.1) is 0 Å². The molecule has 1 atom stereocenters. The van der Waals surface area contributed by atoms with Crippen LogP contribution in [-0.4, -0.2) is 24.3 Å². The Morgan fingerprint density at radius 3 is 2.62 bits per heavy atom. The van der Waals surface area contributed by atoms with E-state index in [1.54, 1.807) is 6.07 Å². The topological polar surface area (TPSA) is 50.4 Å². The van der Waals surface area contributed by atoms with Gasteiger partial charge in [0.05, 0.1) is 0 Å². The molecule has 0 aliphatic carbocycles. The van der Waals surface area contributed by atoms with Crippen LogP contribution in [0.1, 0.15) is 38.8 Å². The number of carbonyl (C=O) groups excluding carboxylic acids is 1. The molecule has 0 aromatic heterocycles. The minimum atomic E-state index is -0.494. The van der Waals surface area contributed by atoms with Crippen LogP contribution in [0.3, 0.4) is 0 Å². The van der Waals surface area contributed by atoms with Crippen LogP contribution in [0.4, 0.5) is 9.18 Å². The summed E-state index contributed by atoms with van der Waals surface area (Å²) in [7, 11) is 0. The molecule has 0 bridgehead atoms. The van der Waals surface area contributed by atoms with Crippen LogP contribution in [0.15, 0.2) is 18.2 Å². The molecule has 0 aliphatic rings. The second-order valence-corrected chi connectivity index (χ2v) is 6.24. The van der Waals surface area contributed by atoms with Crippen molar-refractivity contribution in [2.75, 3.05) is 6.54 Å². The maximum Gasteiger partial charge on any atom is 0.407 e. The van der Waals surface area contributed by atoms with E-state index < -0.39 is 11.7 Å². The van der Waals surface area contributed by atoms with Gasteiger partial charge in [0.2, 0.25) is 0 Å². The lowest BCUT2D eigenvalue weighted by Crippen LogP contribution is -2.41. The first-order valence-electron chi connectivity index (χ1n) is 7.12. The molecule has 4 nitrogen and oxygen atoms in total. The molecule has 0 saturated heterocycles. The Hall–Kier alpha value is -1.62. The van der Waals surface area contributed by atoms with Crippen molar-refractivity contribution >= 4 is 6.09 Å². The highest BCUT2D eigenvalue weighted by atomic mass is 19.1. The molecule has 0 aliphatic heterocycles. The van der Waals surface area contributed by atoms with Gasteiger partial charge >= 0.3 is 6.09 Å². The SMILES string of the molecule is Cc1cc(F)ccc1CNC(C)CNC(=O)OC(C)(C)C. The van der Waals surface area contributed by atoms with E-state index in [-0.39, 0.29) is 11.9 Å². The molecular formula is C16H25FN2O2. The number of halogens is 1. The van der Waals surface area contributed by atoms with Gasteiger partial charge in [-0.1, -0.05) is 6.07 Å². The van der Waals surface area contributed by atoms with Gasteiger partial charge < -0.3 is 15.4 Å². The zero-order chi connectivity index (χ0) is 16.0. The van der Waals surface area contributed by atoms with Crippen LogP contribution < -0.4 is 10.6 Å². The number of amides is 1. The van der Waals surface area contributed by atoms with Gasteiger partial charge in [0.1, 0.15) is 11.4 Å².